The smallest absolute Gasteiger partial charge is 0.298 e. The van der Waals surface area contributed by atoms with Crippen molar-refractivity contribution in [2.75, 3.05) is 0 Å². The van der Waals surface area contributed by atoms with Crippen molar-refractivity contribution in [3.63, 3.8) is 0 Å². The molecule has 0 spiro atoms. The van der Waals surface area contributed by atoms with E-state index in [0.29, 0.717) is 33.3 Å². The zero-order chi connectivity index (χ0) is 28.9. The minimum absolute atomic E-state index is 0.00517. The number of hydrogen-bond donors (Lipinski definition) is 0. The molecule has 2 unspecified atom stereocenters. The van der Waals surface area contributed by atoms with Crippen molar-refractivity contribution in [1.82, 2.24) is 0 Å². The number of ketones is 2. The predicted octanol–water partition coefficient (Wildman–Crippen LogP) is 9.02. The molecule has 2 atom stereocenters. The third kappa shape index (κ3) is 4.42. The van der Waals surface area contributed by atoms with Crippen LogP contribution in [0.3, 0.4) is 0 Å². The molecule has 202 valence electrons. The normalized spacial score (nSPS) is 17.0. The van der Waals surface area contributed by atoms with E-state index in [1.807, 2.05) is 42.5 Å². The standard InChI is InChI=1S/C33H22F3N3O2/c1-18-21(6-4-8-28(18)33(34,35)36)17-27-31(40)29(20-9-12-22(13-10-20)38-39-37)26-16-15-24-23-7-3-2-5-19(23)11-14-25(24)30(26)32(27)41/h2-16,27,29H,17H2,1H3. The number of carbonyl (C=O) groups excluding carboxylic acids is 2. The highest BCUT2D eigenvalue weighted by atomic mass is 19.4. The van der Waals surface area contributed by atoms with Crippen LogP contribution in [0.25, 0.3) is 32.0 Å². The highest BCUT2D eigenvalue weighted by Crippen LogP contribution is 2.43. The molecule has 5 aromatic rings. The largest absolute Gasteiger partial charge is 0.416 e. The Kier molecular flexibility index (Phi) is 6.36. The van der Waals surface area contributed by atoms with Gasteiger partial charge in [0.1, 0.15) is 0 Å². The van der Waals surface area contributed by atoms with Gasteiger partial charge in [-0.1, -0.05) is 90.0 Å². The van der Waals surface area contributed by atoms with E-state index in [4.69, 9.17) is 5.53 Å². The first kappa shape index (κ1) is 26.3. The molecule has 0 aromatic heterocycles. The van der Waals surface area contributed by atoms with E-state index in [2.05, 4.69) is 10.0 Å². The zero-order valence-corrected chi connectivity index (χ0v) is 21.8. The molecule has 0 aliphatic heterocycles. The summed E-state index contributed by atoms with van der Waals surface area (Å²) >= 11 is 0. The predicted molar refractivity (Wildman–Crippen MR) is 151 cm³/mol. The molecule has 0 saturated carbocycles. The van der Waals surface area contributed by atoms with E-state index in [1.54, 1.807) is 36.4 Å². The van der Waals surface area contributed by atoms with E-state index < -0.39 is 29.4 Å². The van der Waals surface area contributed by atoms with Gasteiger partial charge in [0.25, 0.3) is 0 Å². The number of carbonyl (C=O) groups is 2. The van der Waals surface area contributed by atoms with Crippen LogP contribution in [0.1, 0.15) is 44.1 Å². The third-order valence-electron chi connectivity index (χ3n) is 8.02. The second-order valence-electron chi connectivity index (χ2n) is 10.2. The molecule has 5 aromatic carbocycles. The molecule has 41 heavy (non-hydrogen) atoms. The Bertz CT molecular complexity index is 1920. The fourth-order valence-electron chi connectivity index (χ4n) is 6.03. The first-order chi connectivity index (χ1) is 19.7. The first-order valence-electron chi connectivity index (χ1n) is 13.0. The van der Waals surface area contributed by atoms with Crippen LogP contribution in [0.2, 0.25) is 0 Å². The zero-order valence-electron chi connectivity index (χ0n) is 21.8. The molecule has 1 aliphatic rings. The molecule has 0 amide bonds. The Balaban J connectivity index is 1.56. The van der Waals surface area contributed by atoms with Crippen LogP contribution >= 0.6 is 0 Å². The lowest BCUT2D eigenvalue weighted by Gasteiger charge is -2.31. The van der Waals surface area contributed by atoms with Gasteiger partial charge in [0.15, 0.2) is 11.6 Å². The summed E-state index contributed by atoms with van der Waals surface area (Å²) in [6, 6.07) is 25.7. The van der Waals surface area contributed by atoms with Crippen LogP contribution in [0.15, 0.2) is 96.1 Å². The minimum atomic E-state index is -4.55. The second-order valence-corrected chi connectivity index (χ2v) is 10.2. The molecule has 0 fully saturated rings. The highest BCUT2D eigenvalue weighted by Gasteiger charge is 2.43. The van der Waals surface area contributed by atoms with Gasteiger partial charge in [-0.2, -0.15) is 13.2 Å². The molecule has 0 bridgehead atoms. The van der Waals surface area contributed by atoms with Crippen molar-refractivity contribution in [3.8, 4) is 0 Å². The van der Waals surface area contributed by atoms with Crippen molar-refractivity contribution < 1.29 is 22.8 Å². The Morgan fingerprint density at radius 2 is 1.56 bits per heavy atom. The van der Waals surface area contributed by atoms with Crippen LogP contribution in [0.4, 0.5) is 18.9 Å². The summed E-state index contributed by atoms with van der Waals surface area (Å²) in [5.41, 5.74) is 10.2. The number of benzene rings is 5. The first-order valence-corrected chi connectivity index (χ1v) is 13.0. The van der Waals surface area contributed by atoms with Crippen LogP contribution in [-0.4, -0.2) is 11.6 Å². The summed E-state index contributed by atoms with van der Waals surface area (Å²) in [7, 11) is 0. The van der Waals surface area contributed by atoms with Crippen molar-refractivity contribution >= 4 is 38.8 Å². The molecular formula is C33H22F3N3O2. The number of nitrogens with zero attached hydrogens (tertiary/aromatic N) is 3. The molecular weight excluding hydrogens is 527 g/mol. The maximum atomic E-state index is 14.2. The van der Waals surface area contributed by atoms with Crippen LogP contribution in [0, 0.1) is 12.8 Å². The Labute approximate surface area is 232 Å². The lowest BCUT2D eigenvalue weighted by Crippen LogP contribution is -2.37. The summed E-state index contributed by atoms with van der Waals surface area (Å²) in [6.45, 7) is 1.37. The number of alkyl halides is 3. The van der Waals surface area contributed by atoms with Gasteiger partial charge >= 0.3 is 6.18 Å². The number of hydrogen-bond acceptors (Lipinski definition) is 3. The van der Waals surface area contributed by atoms with Crippen LogP contribution < -0.4 is 0 Å². The number of fused-ring (bicyclic) bond motifs is 5. The average Bonchev–Trinajstić information content (AvgIpc) is 2.96. The van der Waals surface area contributed by atoms with Gasteiger partial charge in [0, 0.05) is 16.2 Å². The molecule has 5 nitrogen and oxygen atoms in total. The summed E-state index contributed by atoms with van der Waals surface area (Å²) < 4.78 is 41.0. The SMILES string of the molecule is Cc1c(CC2C(=O)c3c(ccc4c3ccc3ccccc34)C(c3ccc(N=[N+]=[N-])cc3)C2=O)cccc1C(F)(F)F. The molecule has 8 heteroatoms. The van der Waals surface area contributed by atoms with Crippen molar-refractivity contribution in [3.05, 3.63) is 135 Å². The number of halogens is 3. The van der Waals surface area contributed by atoms with Crippen molar-refractivity contribution in [2.45, 2.75) is 25.4 Å². The molecule has 6 rings (SSSR count). The van der Waals surface area contributed by atoms with Crippen molar-refractivity contribution in [1.29, 1.82) is 0 Å². The summed E-state index contributed by atoms with van der Waals surface area (Å²) in [4.78, 5) is 31.1. The van der Waals surface area contributed by atoms with Gasteiger partial charge in [-0.05, 0) is 68.7 Å². The monoisotopic (exact) mass is 549 g/mol. The average molecular weight is 550 g/mol. The maximum Gasteiger partial charge on any atom is 0.416 e. The quantitative estimate of drug-likeness (QED) is 0.0737. The Morgan fingerprint density at radius 1 is 0.829 bits per heavy atom. The van der Waals surface area contributed by atoms with Crippen LogP contribution in [0.5, 0.6) is 0 Å². The lowest BCUT2D eigenvalue weighted by molar-refractivity contribution is -0.138. The summed E-state index contributed by atoms with van der Waals surface area (Å²) in [6.07, 6.45) is -4.70. The van der Waals surface area contributed by atoms with Gasteiger partial charge in [0.05, 0.1) is 17.4 Å². The van der Waals surface area contributed by atoms with E-state index in [9.17, 15) is 22.8 Å². The number of azide groups is 1. The van der Waals surface area contributed by atoms with Crippen molar-refractivity contribution in [2.24, 2.45) is 11.0 Å². The van der Waals surface area contributed by atoms with E-state index in [0.717, 1.165) is 22.2 Å². The van der Waals surface area contributed by atoms with E-state index in [1.165, 1.54) is 13.0 Å². The van der Waals surface area contributed by atoms with Crippen LogP contribution in [-0.2, 0) is 17.4 Å². The number of Topliss-reactive ketones (excluding diaryl/α,β-unsaturated/α-hetero) is 2. The maximum absolute atomic E-state index is 14.2. The van der Waals surface area contributed by atoms with Gasteiger partial charge in [-0.15, -0.1) is 0 Å². The molecule has 0 radical (unpaired) electrons. The fraction of sp³-hybridized carbons (Fsp3) is 0.152. The molecule has 0 heterocycles. The van der Waals surface area contributed by atoms with Gasteiger partial charge in [-0.25, -0.2) is 0 Å². The molecule has 0 N–H and O–H groups in total. The van der Waals surface area contributed by atoms with Gasteiger partial charge < -0.3 is 0 Å². The van der Waals surface area contributed by atoms with E-state index >= 15 is 0 Å². The Hall–Kier alpha value is -4.94. The number of rotatable bonds is 4. The molecule has 1 aliphatic carbocycles. The Morgan fingerprint density at radius 3 is 2.29 bits per heavy atom. The summed E-state index contributed by atoms with van der Waals surface area (Å²) in [5, 5.41) is 7.11. The molecule has 0 saturated heterocycles. The summed E-state index contributed by atoms with van der Waals surface area (Å²) in [5.74, 6) is -2.78. The van der Waals surface area contributed by atoms with Gasteiger partial charge in [-0.3, -0.25) is 9.59 Å². The lowest BCUT2D eigenvalue weighted by atomic mass is 9.69. The topological polar surface area (TPSA) is 82.9 Å². The fourth-order valence-corrected chi connectivity index (χ4v) is 6.03. The third-order valence-corrected chi connectivity index (χ3v) is 8.02. The highest BCUT2D eigenvalue weighted by molar-refractivity contribution is 6.25. The second kappa shape index (κ2) is 9.91. The van der Waals surface area contributed by atoms with Gasteiger partial charge in [0.2, 0.25) is 0 Å². The minimum Gasteiger partial charge on any atom is -0.298 e. The van der Waals surface area contributed by atoms with E-state index in [-0.39, 0.29) is 17.8 Å².